The summed E-state index contributed by atoms with van der Waals surface area (Å²) in [6.07, 6.45) is -1.69. The summed E-state index contributed by atoms with van der Waals surface area (Å²) in [6.45, 7) is 15.4. The minimum absolute atomic E-state index is 0.146. The third kappa shape index (κ3) is 7.11. The summed E-state index contributed by atoms with van der Waals surface area (Å²) in [4.78, 5) is 24.3. The summed E-state index contributed by atoms with van der Waals surface area (Å²) < 4.78 is 11.7. The van der Waals surface area contributed by atoms with Crippen LogP contribution in [0.15, 0.2) is 24.3 Å². The Balaban J connectivity index is 3.30. The van der Waals surface area contributed by atoms with Crippen LogP contribution in [-0.4, -0.2) is 37.1 Å². The largest absolute Gasteiger partial charge is 0.480 e. The molecule has 1 aromatic carbocycles. The first-order valence-electron chi connectivity index (χ1n) is 9.19. The van der Waals surface area contributed by atoms with E-state index in [1.807, 2.05) is 13.1 Å². The predicted molar refractivity (Wildman–Crippen MR) is 113 cm³/mol. The number of carboxylic acids is 1. The van der Waals surface area contributed by atoms with Crippen LogP contribution in [0.25, 0.3) is 0 Å². The zero-order chi connectivity index (χ0) is 21.9. The smallest absolute Gasteiger partial charge is 0.408 e. The van der Waals surface area contributed by atoms with Crippen molar-refractivity contribution in [3.05, 3.63) is 34.9 Å². The number of nitrogens with one attached hydrogen (secondary N) is 1. The Kier molecular flexibility index (Phi) is 7.72. The van der Waals surface area contributed by atoms with Crippen molar-refractivity contribution in [1.82, 2.24) is 5.32 Å². The molecule has 0 fully saturated rings. The van der Waals surface area contributed by atoms with Gasteiger partial charge in [-0.05, 0) is 56.6 Å². The molecule has 0 radical (unpaired) electrons. The summed E-state index contributed by atoms with van der Waals surface area (Å²) in [7, 11) is -2.36. The van der Waals surface area contributed by atoms with Crippen LogP contribution in [0.1, 0.15) is 53.2 Å². The van der Waals surface area contributed by atoms with Crippen LogP contribution in [0.5, 0.6) is 0 Å². The van der Waals surface area contributed by atoms with Gasteiger partial charge in [-0.25, -0.2) is 9.59 Å². The zero-order valence-corrected chi connectivity index (χ0v) is 19.7. The zero-order valence-electron chi connectivity index (χ0n) is 17.9. The number of aliphatic carboxylic acids is 1. The van der Waals surface area contributed by atoms with Gasteiger partial charge in [0.05, 0.1) is 0 Å². The highest BCUT2D eigenvalue weighted by Gasteiger charge is 2.43. The number of carboxylic acid groups (broad SMARTS) is 1. The number of carbonyl (C=O) groups excluding carboxylic acids is 1. The highest BCUT2D eigenvalue weighted by Crippen LogP contribution is 2.40. The normalized spacial score (nSPS) is 14.9. The number of ether oxygens (including phenoxy) is 1. The average Bonchev–Trinajstić information content (AvgIpc) is 2.48. The quantitative estimate of drug-likeness (QED) is 0.593. The van der Waals surface area contributed by atoms with Crippen LogP contribution < -0.4 is 5.32 Å². The lowest BCUT2D eigenvalue weighted by atomic mass is 10.0. The van der Waals surface area contributed by atoms with E-state index >= 15 is 0 Å². The lowest BCUT2D eigenvalue weighted by Crippen LogP contribution is -2.51. The van der Waals surface area contributed by atoms with Gasteiger partial charge in [0.25, 0.3) is 0 Å². The molecule has 0 aliphatic rings. The fraction of sp³-hybridized carbons (Fsp3) is 0.600. The van der Waals surface area contributed by atoms with E-state index in [9.17, 15) is 14.7 Å². The molecular formula is C20H32ClNO5Si. The predicted octanol–water partition coefficient (Wildman–Crippen LogP) is 5.38. The number of rotatable bonds is 6. The third-order valence-corrected chi connectivity index (χ3v) is 9.37. The summed E-state index contributed by atoms with van der Waals surface area (Å²) in [5, 5.41) is 12.7. The highest BCUT2D eigenvalue weighted by atomic mass is 35.5. The average molecular weight is 430 g/mol. The molecule has 0 unspecified atom stereocenters. The topological polar surface area (TPSA) is 84.9 Å². The van der Waals surface area contributed by atoms with E-state index in [0.29, 0.717) is 10.6 Å². The van der Waals surface area contributed by atoms with Crippen molar-refractivity contribution in [1.29, 1.82) is 0 Å². The number of hydrogen-bond donors (Lipinski definition) is 2. The minimum atomic E-state index is -2.36. The molecular weight excluding hydrogens is 398 g/mol. The van der Waals surface area contributed by atoms with Gasteiger partial charge in [-0.3, -0.25) is 0 Å². The molecule has 158 valence electrons. The minimum Gasteiger partial charge on any atom is -0.480 e. The van der Waals surface area contributed by atoms with E-state index in [2.05, 4.69) is 26.1 Å². The lowest BCUT2D eigenvalue weighted by molar-refractivity contribution is -0.142. The van der Waals surface area contributed by atoms with Crippen molar-refractivity contribution in [2.45, 2.75) is 77.4 Å². The molecule has 8 heteroatoms. The van der Waals surface area contributed by atoms with Gasteiger partial charge >= 0.3 is 12.1 Å². The number of hydrogen-bond acceptors (Lipinski definition) is 4. The first kappa shape index (κ1) is 24.5. The Morgan fingerprint density at radius 1 is 1.07 bits per heavy atom. The maximum atomic E-state index is 12.3. The molecule has 0 aromatic heterocycles. The Labute approximate surface area is 173 Å². The number of alkyl carbamates (subject to hydrolysis) is 1. The molecule has 0 saturated heterocycles. The second-order valence-electron chi connectivity index (χ2n) is 9.31. The standard InChI is InChI=1S/C20H32ClNO5Si/c1-19(2,3)26-18(25)22-15(17(23)24)16(13-9-11-14(21)12-10-13)27-28(7,8)20(4,5)6/h9-12,15-16H,1-8H3,(H,22,25)(H,23,24)/t15-,16-/m0/s1. The Hall–Kier alpha value is -1.57. The van der Waals surface area contributed by atoms with Gasteiger partial charge in [-0.15, -0.1) is 0 Å². The van der Waals surface area contributed by atoms with Crippen LogP contribution in [0.4, 0.5) is 4.79 Å². The highest BCUT2D eigenvalue weighted by molar-refractivity contribution is 6.74. The molecule has 2 atom stereocenters. The van der Waals surface area contributed by atoms with Crippen molar-refractivity contribution in [2.24, 2.45) is 0 Å². The van der Waals surface area contributed by atoms with Gasteiger partial charge in [-0.2, -0.15) is 0 Å². The van der Waals surface area contributed by atoms with Crippen LogP contribution in [0.2, 0.25) is 23.2 Å². The van der Waals surface area contributed by atoms with Gasteiger partial charge < -0.3 is 19.6 Å². The van der Waals surface area contributed by atoms with Crippen LogP contribution in [0.3, 0.4) is 0 Å². The molecule has 6 nitrogen and oxygen atoms in total. The molecule has 0 aliphatic carbocycles. The second-order valence-corrected chi connectivity index (χ2v) is 14.5. The van der Waals surface area contributed by atoms with Crippen molar-refractivity contribution < 1.29 is 23.9 Å². The molecule has 28 heavy (non-hydrogen) atoms. The van der Waals surface area contributed by atoms with Gasteiger partial charge in [0.2, 0.25) is 0 Å². The summed E-state index contributed by atoms with van der Waals surface area (Å²) in [5.41, 5.74) is -0.124. The molecule has 2 N–H and O–H groups in total. The van der Waals surface area contributed by atoms with Crippen LogP contribution >= 0.6 is 11.6 Å². The van der Waals surface area contributed by atoms with Gasteiger partial charge in [-0.1, -0.05) is 44.5 Å². The van der Waals surface area contributed by atoms with Gasteiger partial charge in [0, 0.05) is 5.02 Å². The van der Waals surface area contributed by atoms with Gasteiger partial charge in [0.1, 0.15) is 11.7 Å². The summed E-state index contributed by atoms with van der Waals surface area (Å²) >= 11 is 5.98. The molecule has 1 amide bonds. The van der Waals surface area contributed by atoms with Crippen molar-refractivity contribution in [2.75, 3.05) is 0 Å². The number of carbonyl (C=O) groups is 2. The Morgan fingerprint density at radius 3 is 1.96 bits per heavy atom. The van der Waals surface area contributed by atoms with E-state index in [1.165, 1.54) is 0 Å². The van der Waals surface area contributed by atoms with Crippen molar-refractivity contribution >= 4 is 32.0 Å². The number of halogens is 1. The van der Waals surface area contributed by atoms with E-state index in [-0.39, 0.29) is 5.04 Å². The van der Waals surface area contributed by atoms with Crippen LogP contribution in [-0.2, 0) is 14.0 Å². The molecule has 0 heterocycles. The van der Waals surface area contributed by atoms with Crippen molar-refractivity contribution in [3.63, 3.8) is 0 Å². The van der Waals surface area contributed by atoms with Crippen LogP contribution in [0, 0.1) is 0 Å². The molecule has 0 spiro atoms. The van der Waals surface area contributed by atoms with E-state index < -0.39 is 38.1 Å². The fourth-order valence-electron chi connectivity index (χ4n) is 2.18. The molecule has 0 aliphatic heterocycles. The molecule has 0 saturated carbocycles. The van der Waals surface area contributed by atoms with Gasteiger partial charge in [0.15, 0.2) is 14.4 Å². The Morgan fingerprint density at radius 2 is 1.57 bits per heavy atom. The number of amides is 1. The molecule has 1 aromatic rings. The summed E-state index contributed by atoms with van der Waals surface area (Å²) in [6, 6.07) is 5.46. The first-order chi connectivity index (χ1) is 12.5. The number of benzene rings is 1. The van der Waals surface area contributed by atoms with E-state index in [1.54, 1.807) is 45.0 Å². The van der Waals surface area contributed by atoms with E-state index in [4.69, 9.17) is 20.8 Å². The fourth-order valence-corrected chi connectivity index (χ4v) is 3.56. The summed E-state index contributed by atoms with van der Waals surface area (Å²) in [5.74, 6) is -1.20. The Bertz CT molecular complexity index is 692. The third-order valence-electron chi connectivity index (χ3n) is 4.67. The second kappa shape index (κ2) is 8.84. The SMILES string of the molecule is CC(C)(C)OC(=O)N[C@H](C(=O)O)[C@@H](O[Si](C)(C)C(C)(C)C)c1ccc(Cl)cc1. The first-order valence-corrected chi connectivity index (χ1v) is 12.5. The maximum absolute atomic E-state index is 12.3. The molecule has 1 rings (SSSR count). The monoisotopic (exact) mass is 429 g/mol. The molecule has 0 bridgehead atoms. The lowest BCUT2D eigenvalue weighted by Gasteiger charge is -2.41. The maximum Gasteiger partial charge on any atom is 0.408 e. The van der Waals surface area contributed by atoms with Crippen molar-refractivity contribution in [3.8, 4) is 0 Å². The van der Waals surface area contributed by atoms with E-state index in [0.717, 1.165) is 0 Å².